The molecule has 0 spiro atoms. The predicted octanol–water partition coefficient (Wildman–Crippen LogP) is 1.81. The number of aryl methyl sites for hydroxylation is 1. The summed E-state index contributed by atoms with van der Waals surface area (Å²) in [5, 5.41) is 15.7. The first-order valence-corrected chi connectivity index (χ1v) is 11.9. The molecule has 7 nitrogen and oxygen atoms in total. The first-order chi connectivity index (χ1) is 15.4. The fraction of sp³-hybridized carbons (Fsp3) is 0.667. The fourth-order valence-electron chi connectivity index (χ4n) is 5.74. The van der Waals surface area contributed by atoms with Gasteiger partial charge in [0, 0.05) is 55.4 Å². The Morgan fingerprint density at radius 1 is 1.31 bits per heavy atom. The predicted molar refractivity (Wildman–Crippen MR) is 121 cm³/mol. The summed E-state index contributed by atoms with van der Waals surface area (Å²) in [6, 6.07) is 3.42. The van der Waals surface area contributed by atoms with Crippen LogP contribution in [-0.4, -0.2) is 77.1 Å². The van der Waals surface area contributed by atoms with Crippen LogP contribution in [0.1, 0.15) is 50.2 Å². The number of aliphatic hydroxyl groups is 1. The molecule has 32 heavy (non-hydrogen) atoms. The van der Waals surface area contributed by atoms with Crippen molar-refractivity contribution < 1.29 is 19.1 Å². The number of hydrogen-bond donors (Lipinski definition) is 3. The largest absolute Gasteiger partial charge is 0.387 e. The molecule has 3 aliphatic rings. The maximum atomic E-state index is 14.2. The average Bonchev–Trinajstić information content (AvgIpc) is 3.46. The van der Waals surface area contributed by atoms with E-state index in [1.165, 1.54) is 6.07 Å². The number of benzene rings is 1. The first kappa shape index (κ1) is 23.0. The van der Waals surface area contributed by atoms with E-state index in [0.717, 1.165) is 56.4 Å². The highest BCUT2D eigenvalue weighted by molar-refractivity contribution is 5.88. The summed E-state index contributed by atoms with van der Waals surface area (Å²) in [7, 11) is 0. The van der Waals surface area contributed by atoms with Gasteiger partial charge in [0.25, 0.3) is 0 Å². The maximum Gasteiger partial charge on any atom is 0.248 e. The lowest BCUT2D eigenvalue weighted by molar-refractivity contribution is -0.136. The van der Waals surface area contributed by atoms with Crippen LogP contribution in [0.25, 0.3) is 0 Å². The van der Waals surface area contributed by atoms with E-state index in [1.54, 1.807) is 11.0 Å². The Hall–Kier alpha value is -2.19. The smallest absolute Gasteiger partial charge is 0.248 e. The second-order valence-corrected chi connectivity index (χ2v) is 9.42. The lowest BCUT2D eigenvalue weighted by Crippen LogP contribution is -2.49. The summed E-state index contributed by atoms with van der Waals surface area (Å²) in [6.07, 6.45) is 5.29. The van der Waals surface area contributed by atoms with Crippen LogP contribution >= 0.6 is 0 Å². The van der Waals surface area contributed by atoms with Crippen molar-refractivity contribution in [2.24, 2.45) is 0 Å². The SMILES string of the molecule is CCN(C(=O)CO)[C@@H]1CCN([C@H]2CCC[C@@H](NC(=O)C3Cc4c(F)ccc(C)c4N3)C2)C1. The van der Waals surface area contributed by atoms with Crippen molar-refractivity contribution in [2.75, 3.05) is 31.6 Å². The zero-order valence-electron chi connectivity index (χ0n) is 19.1. The number of anilines is 1. The van der Waals surface area contributed by atoms with Gasteiger partial charge in [-0.2, -0.15) is 0 Å². The Bertz CT molecular complexity index is 833. The number of aliphatic hydroxyl groups excluding tert-OH is 1. The molecule has 0 radical (unpaired) electrons. The number of fused-ring (bicyclic) bond motifs is 1. The first-order valence-electron chi connectivity index (χ1n) is 11.9. The van der Waals surface area contributed by atoms with Crippen molar-refractivity contribution >= 4 is 17.5 Å². The molecular weight excluding hydrogens is 411 g/mol. The molecular formula is C24H35FN4O3. The van der Waals surface area contributed by atoms with Gasteiger partial charge >= 0.3 is 0 Å². The van der Waals surface area contributed by atoms with Gasteiger partial charge in [0.2, 0.25) is 11.8 Å². The maximum absolute atomic E-state index is 14.2. The Labute approximate surface area is 189 Å². The summed E-state index contributed by atoms with van der Waals surface area (Å²) in [6.45, 7) is 5.80. The van der Waals surface area contributed by atoms with Crippen LogP contribution in [0.3, 0.4) is 0 Å². The number of halogens is 1. The molecule has 1 aromatic rings. The number of carbonyl (C=O) groups is 2. The van der Waals surface area contributed by atoms with Gasteiger partial charge in [-0.1, -0.05) is 6.07 Å². The Morgan fingerprint density at radius 3 is 2.84 bits per heavy atom. The summed E-state index contributed by atoms with van der Waals surface area (Å²) in [5.74, 6) is -0.518. The third-order valence-corrected chi connectivity index (χ3v) is 7.45. The number of likely N-dealkylation sites (tertiary alicyclic amines) is 1. The monoisotopic (exact) mass is 446 g/mol. The summed E-state index contributed by atoms with van der Waals surface area (Å²) >= 11 is 0. The molecule has 1 aromatic carbocycles. The number of likely N-dealkylation sites (N-methyl/N-ethyl adjacent to an activating group) is 1. The standard InChI is InChI=1S/C24H35FN4O3/c1-3-29(22(31)14-30)18-9-10-28(13-18)17-6-4-5-16(11-17)26-24(32)21-12-19-20(25)8-7-15(2)23(19)27-21/h7-8,16-18,21,27,30H,3-6,9-14H2,1-2H3,(H,26,32)/t16-,17+,18-,21?/m1/s1. The van der Waals surface area contributed by atoms with Crippen LogP contribution in [-0.2, 0) is 16.0 Å². The molecule has 8 heteroatoms. The molecule has 176 valence electrons. The van der Waals surface area contributed by atoms with E-state index in [-0.39, 0.29) is 29.7 Å². The topological polar surface area (TPSA) is 84.9 Å². The van der Waals surface area contributed by atoms with Gasteiger partial charge in [-0.25, -0.2) is 4.39 Å². The van der Waals surface area contributed by atoms with Gasteiger partial charge in [0.1, 0.15) is 18.5 Å². The van der Waals surface area contributed by atoms with Crippen LogP contribution in [0.2, 0.25) is 0 Å². The lowest BCUT2D eigenvalue weighted by Gasteiger charge is -2.36. The van der Waals surface area contributed by atoms with Gasteiger partial charge < -0.3 is 20.6 Å². The van der Waals surface area contributed by atoms with Crippen LogP contribution in [0, 0.1) is 12.7 Å². The van der Waals surface area contributed by atoms with Crippen LogP contribution in [0.4, 0.5) is 10.1 Å². The van der Waals surface area contributed by atoms with E-state index >= 15 is 0 Å². The van der Waals surface area contributed by atoms with E-state index in [1.807, 2.05) is 13.8 Å². The van der Waals surface area contributed by atoms with Crippen molar-refractivity contribution in [1.82, 2.24) is 15.1 Å². The van der Waals surface area contributed by atoms with Crippen molar-refractivity contribution in [2.45, 2.75) is 76.5 Å². The minimum Gasteiger partial charge on any atom is -0.387 e. The van der Waals surface area contributed by atoms with E-state index in [9.17, 15) is 19.1 Å². The van der Waals surface area contributed by atoms with Crippen molar-refractivity contribution in [3.05, 3.63) is 29.1 Å². The van der Waals surface area contributed by atoms with Gasteiger partial charge in [0.05, 0.1) is 0 Å². The molecule has 3 N–H and O–H groups in total. The minimum atomic E-state index is -0.440. The second kappa shape index (κ2) is 9.75. The molecule has 4 rings (SSSR count). The molecule has 0 bridgehead atoms. The second-order valence-electron chi connectivity index (χ2n) is 9.42. The summed E-state index contributed by atoms with van der Waals surface area (Å²) < 4.78 is 14.2. The highest BCUT2D eigenvalue weighted by Crippen LogP contribution is 2.32. The molecule has 1 unspecified atom stereocenters. The Kier molecular flexibility index (Phi) is 7.00. The quantitative estimate of drug-likeness (QED) is 0.621. The molecule has 2 amide bonds. The Balaban J connectivity index is 1.31. The molecule has 2 fully saturated rings. The van der Waals surface area contributed by atoms with E-state index in [2.05, 4.69) is 15.5 Å². The molecule has 0 aromatic heterocycles. The third-order valence-electron chi connectivity index (χ3n) is 7.45. The molecule has 1 aliphatic carbocycles. The molecule has 1 saturated heterocycles. The van der Waals surface area contributed by atoms with Crippen molar-refractivity contribution in [3.63, 3.8) is 0 Å². The van der Waals surface area contributed by atoms with Crippen LogP contribution in [0.15, 0.2) is 12.1 Å². The normalized spacial score (nSPS) is 27.6. The number of hydrogen-bond acceptors (Lipinski definition) is 5. The number of nitrogens with one attached hydrogen (secondary N) is 2. The van der Waals surface area contributed by atoms with Gasteiger partial charge in [-0.3, -0.25) is 14.5 Å². The number of amides is 2. The average molecular weight is 447 g/mol. The summed E-state index contributed by atoms with van der Waals surface area (Å²) in [5.41, 5.74) is 2.32. The van der Waals surface area contributed by atoms with Gasteiger partial charge in [0.15, 0.2) is 0 Å². The van der Waals surface area contributed by atoms with Crippen LogP contribution < -0.4 is 10.6 Å². The van der Waals surface area contributed by atoms with E-state index < -0.39 is 12.6 Å². The van der Waals surface area contributed by atoms with Gasteiger partial charge in [-0.05, 0) is 57.6 Å². The summed E-state index contributed by atoms with van der Waals surface area (Å²) in [4.78, 5) is 29.2. The lowest BCUT2D eigenvalue weighted by atomic mass is 9.89. The Morgan fingerprint density at radius 2 is 2.12 bits per heavy atom. The highest BCUT2D eigenvalue weighted by Gasteiger charge is 2.36. The minimum absolute atomic E-state index is 0.0596. The third kappa shape index (κ3) is 4.62. The van der Waals surface area contributed by atoms with Crippen molar-refractivity contribution in [3.8, 4) is 0 Å². The molecule has 2 aliphatic heterocycles. The van der Waals surface area contributed by atoms with E-state index in [0.29, 0.717) is 24.6 Å². The number of nitrogens with zero attached hydrogens (tertiary/aromatic N) is 2. The van der Waals surface area contributed by atoms with Crippen LogP contribution in [0.5, 0.6) is 0 Å². The van der Waals surface area contributed by atoms with Crippen molar-refractivity contribution in [1.29, 1.82) is 0 Å². The number of rotatable bonds is 6. The molecule has 1 saturated carbocycles. The fourth-order valence-corrected chi connectivity index (χ4v) is 5.74. The van der Waals surface area contributed by atoms with Gasteiger partial charge in [-0.15, -0.1) is 0 Å². The molecule has 4 atom stereocenters. The zero-order chi connectivity index (χ0) is 22.8. The number of carbonyl (C=O) groups excluding carboxylic acids is 2. The highest BCUT2D eigenvalue weighted by atomic mass is 19.1. The zero-order valence-corrected chi connectivity index (χ0v) is 19.1. The molecule has 2 heterocycles. The van der Waals surface area contributed by atoms with E-state index in [4.69, 9.17) is 0 Å².